The minimum absolute atomic E-state index is 0.103. The minimum atomic E-state index is -1.06. The quantitative estimate of drug-likeness (QED) is 0.724. The summed E-state index contributed by atoms with van der Waals surface area (Å²) in [6.45, 7) is 0.103. The van der Waals surface area contributed by atoms with Crippen LogP contribution in [-0.4, -0.2) is 30.8 Å². The molecule has 0 saturated carbocycles. The van der Waals surface area contributed by atoms with Crippen molar-refractivity contribution in [3.8, 4) is 5.75 Å². The van der Waals surface area contributed by atoms with Gasteiger partial charge in [0.2, 0.25) is 0 Å². The third-order valence-electron chi connectivity index (χ3n) is 1.99. The maximum atomic E-state index is 10.5. The number of hydrogen-bond donors (Lipinski definition) is 3. The lowest BCUT2D eigenvalue weighted by Crippen LogP contribution is -2.36. The van der Waals surface area contributed by atoms with Crippen LogP contribution in [0.2, 0.25) is 5.02 Å². The number of benzene rings is 1. The number of anilines is 1. The predicted molar refractivity (Wildman–Crippen MR) is 62.1 cm³/mol. The molecule has 16 heavy (non-hydrogen) atoms. The van der Waals surface area contributed by atoms with Crippen molar-refractivity contribution in [3.63, 3.8) is 0 Å². The lowest BCUT2D eigenvalue weighted by Gasteiger charge is -2.13. The first-order chi connectivity index (χ1) is 7.54. The number of nitrogens with two attached hydrogens (primary N) is 1. The molecule has 0 aromatic heterocycles. The van der Waals surface area contributed by atoms with Gasteiger partial charge in [0.05, 0.1) is 12.8 Å². The van der Waals surface area contributed by atoms with Gasteiger partial charge in [-0.3, -0.25) is 4.79 Å². The number of aliphatic carboxylic acids is 1. The number of methoxy groups -OCH3 is 1. The van der Waals surface area contributed by atoms with Crippen LogP contribution < -0.4 is 15.8 Å². The van der Waals surface area contributed by atoms with Crippen LogP contribution in [0.5, 0.6) is 5.75 Å². The highest BCUT2D eigenvalue weighted by atomic mass is 35.5. The molecule has 1 rings (SSSR count). The van der Waals surface area contributed by atoms with Crippen LogP contribution in [0, 0.1) is 0 Å². The molecule has 0 aliphatic heterocycles. The Kier molecular flexibility index (Phi) is 4.39. The monoisotopic (exact) mass is 244 g/mol. The molecule has 1 atom stereocenters. The summed E-state index contributed by atoms with van der Waals surface area (Å²) in [4.78, 5) is 10.5. The zero-order valence-electron chi connectivity index (χ0n) is 8.74. The zero-order valence-corrected chi connectivity index (χ0v) is 9.49. The Morgan fingerprint density at radius 1 is 1.69 bits per heavy atom. The Hall–Kier alpha value is -1.46. The first kappa shape index (κ1) is 12.6. The molecule has 0 heterocycles. The molecule has 0 radical (unpaired) electrons. The van der Waals surface area contributed by atoms with Crippen LogP contribution in [0.4, 0.5) is 5.69 Å². The molecule has 0 fully saturated rings. The van der Waals surface area contributed by atoms with Gasteiger partial charge in [-0.25, -0.2) is 0 Å². The molecule has 0 amide bonds. The second-order valence-electron chi connectivity index (χ2n) is 3.17. The topological polar surface area (TPSA) is 84.6 Å². The number of nitrogens with one attached hydrogen (secondary N) is 1. The van der Waals surface area contributed by atoms with Crippen molar-refractivity contribution in [1.29, 1.82) is 0 Å². The van der Waals surface area contributed by atoms with Crippen LogP contribution in [0.15, 0.2) is 18.2 Å². The van der Waals surface area contributed by atoms with Crippen LogP contribution in [-0.2, 0) is 4.79 Å². The number of ether oxygens (including phenoxy) is 1. The van der Waals surface area contributed by atoms with Crippen molar-refractivity contribution < 1.29 is 14.6 Å². The van der Waals surface area contributed by atoms with Gasteiger partial charge in [-0.1, -0.05) is 11.6 Å². The molecular formula is C10H13ClN2O3. The van der Waals surface area contributed by atoms with Gasteiger partial charge in [-0.15, -0.1) is 0 Å². The molecule has 0 aliphatic carbocycles. The second kappa shape index (κ2) is 5.58. The highest BCUT2D eigenvalue weighted by Crippen LogP contribution is 2.27. The number of carboxylic acids is 1. The average molecular weight is 245 g/mol. The molecule has 0 bridgehead atoms. The maximum Gasteiger partial charge on any atom is 0.322 e. The van der Waals surface area contributed by atoms with Crippen LogP contribution >= 0.6 is 11.6 Å². The van der Waals surface area contributed by atoms with Crippen LogP contribution in [0.1, 0.15) is 0 Å². The van der Waals surface area contributed by atoms with Gasteiger partial charge in [0.1, 0.15) is 11.8 Å². The largest absolute Gasteiger partial charge is 0.495 e. The summed E-state index contributed by atoms with van der Waals surface area (Å²) < 4.78 is 5.08. The Labute approximate surface area is 98.2 Å². The van der Waals surface area contributed by atoms with E-state index in [9.17, 15) is 4.79 Å². The van der Waals surface area contributed by atoms with Crippen LogP contribution in [0.25, 0.3) is 0 Å². The first-order valence-corrected chi connectivity index (χ1v) is 4.98. The van der Waals surface area contributed by atoms with E-state index in [-0.39, 0.29) is 6.54 Å². The van der Waals surface area contributed by atoms with Gasteiger partial charge in [0.25, 0.3) is 0 Å². The van der Waals surface area contributed by atoms with Gasteiger partial charge in [-0.05, 0) is 18.2 Å². The fraction of sp³-hybridized carbons (Fsp3) is 0.300. The van der Waals surface area contributed by atoms with Gasteiger partial charge in [0, 0.05) is 11.6 Å². The van der Waals surface area contributed by atoms with Crippen LogP contribution in [0.3, 0.4) is 0 Å². The SMILES string of the molecule is COc1ccc(Cl)cc1NCC(N)C(=O)O. The van der Waals surface area contributed by atoms with E-state index in [1.807, 2.05) is 0 Å². The van der Waals surface area contributed by atoms with Gasteiger partial charge in [-0.2, -0.15) is 0 Å². The summed E-state index contributed by atoms with van der Waals surface area (Å²) >= 11 is 5.81. The molecule has 0 spiro atoms. The number of hydrogen-bond acceptors (Lipinski definition) is 4. The average Bonchev–Trinajstić information content (AvgIpc) is 2.25. The van der Waals surface area contributed by atoms with E-state index in [1.54, 1.807) is 18.2 Å². The first-order valence-electron chi connectivity index (χ1n) is 4.60. The lowest BCUT2D eigenvalue weighted by molar-refractivity contribution is -0.138. The normalized spacial score (nSPS) is 11.9. The summed E-state index contributed by atoms with van der Waals surface area (Å²) in [7, 11) is 1.52. The maximum absolute atomic E-state index is 10.5. The van der Waals surface area contributed by atoms with E-state index in [1.165, 1.54) is 7.11 Å². The summed E-state index contributed by atoms with van der Waals surface area (Å²) in [6, 6.07) is 4.05. The molecule has 1 aromatic carbocycles. The van der Waals surface area contributed by atoms with Crippen molar-refractivity contribution in [2.75, 3.05) is 19.0 Å². The molecule has 88 valence electrons. The zero-order chi connectivity index (χ0) is 12.1. The van der Waals surface area contributed by atoms with Crippen molar-refractivity contribution >= 4 is 23.3 Å². The molecule has 0 saturated heterocycles. The van der Waals surface area contributed by atoms with Crippen molar-refractivity contribution in [1.82, 2.24) is 0 Å². The number of rotatable bonds is 5. The summed E-state index contributed by atoms with van der Waals surface area (Å²) in [5, 5.41) is 12.0. The third kappa shape index (κ3) is 3.29. The van der Waals surface area contributed by atoms with Crippen molar-refractivity contribution in [3.05, 3.63) is 23.2 Å². The molecule has 1 unspecified atom stereocenters. The van der Waals surface area contributed by atoms with Gasteiger partial charge < -0.3 is 20.9 Å². The van der Waals surface area contributed by atoms with Gasteiger partial charge >= 0.3 is 5.97 Å². The summed E-state index contributed by atoms with van der Waals surface area (Å²) in [5.41, 5.74) is 5.98. The second-order valence-corrected chi connectivity index (χ2v) is 3.61. The molecule has 5 nitrogen and oxygen atoms in total. The fourth-order valence-electron chi connectivity index (χ4n) is 1.13. The Morgan fingerprint density at radius 2 is 2.38 bits per heavy atom. The highest BCUT2D eigenvalue weighted by molar-refractivity contribution is 6.30. The third-order valence-corrected chi connectivity index (χ3v) is 2.23. The molecular weight excluding hydrogens is 232 g/mol. The van der Waals surface area contributed by atoms with E-state index < -0.39 is 12.0 Å². The van der Waals surface area contributed by atoms with E-state index in [4.69, 9.17) is 27.2 Å². The Morgan fingerprint density at radius 3 is 2.94 bits per heavy atom. The highest BCUT2D eigenvalue weighted by Gasteiger charge is 2.12. The smallest absolute Gasteiger partial charge is 0.322 e. The molecule has 0 aliphatic rings. The lowest BCUT2D eigenvalue weighted by atomic mass is 10.2. The number of carboxylic acid groups (broad SMARTS) is 1. The number of carbonyl (C=O) groups is 1. The van der Waals surface area contributed by atoms with E-state index in [0.29, 0.717) is 16.5 Å². The Balaban J connectivity index is 2.72. The molecule has 1 aromatic rings. The predicted octanol–water partition coefficient (Wildman–Crippen LogP) is 1.17. The summed E-state index contributed by atoms with van der Waals surface area (Å²) in [5.74, 6) is -0.476. The summed E-state index contributed by atoms with van der Waals surface area (Å²) in [6.07, 6.45) is 0. The van der Waals surface area contributed by atoms with Gasteiger partial charge in [0.15, 0.2) is 0 Å². The van der Waals surface area contributed by atoms with Crippen molar-refractivity contribution in [2.45, 2.75) is 6.04 Å². The van der Waals surface area contributed by atoms with E-state index in [0.717, 1.165) is 0 Å². The van der Waals surface area contributed by atoms with E-state index in [2.05, 4.69) is 5.32 Å². The standard InChI is InChI=1S/C10H13ClN2O3/c1-16-9-3-2-6(11)4-8(9)13-5-7(12)10(14)15/h2-4,7,13H,5,12H2,1H3,(H,14,15). The van der Waals surface area contributed by atoms with Crippen molar-refractivity contribution in [2.24, 2.45) is 5.73 Å². The van der Waals surface area contributed by atoms with E-state index >= 15 is 0 Å². The fourth-order valence-corrected chi connectivity index (χ4v) is 1.30. The molecule has 6 heteroatoms. The molecule has 4 N–H and O–H groups in total. The number of halogens is 1. The minimum Gasteiger partial charge on any atom is -0.495 e. The Bertz CT molecular complexity index is 384.